The van der Waals surface area contributed by atoms with Crippen molar-refractivity contribution in [3.8, 4) is 5.75 Å². The third kappa shape index (κ3) is 4.95. The molecule has 135 valence electrons. The van der Waals surface area contributed by atoms with E-state index < -0.39 is 29.0 Å². The van der Waals surface area contributed by atoms with Crippen molar-refractivity contribution in [1.29, 1.82) is 0 Å². The minimum absolute atomic E-state index is 0. The summed E-state index contributed by atoms with van der Waals surface area (Å²) in [5.41, 5.74) is -0.194. The standard InChI is InChI=1S/C20H18F3O2.Y/c1-12-5-7-13(8-6-12)14-9-17(22)19(18(23)10-14)20(24)25-16-4-2-3-15(21)11-16;/h2,4,9-13H,5-8H2,1H3;/q-1;. The first kappa shape index (κ1) is 21.1. The molecule has 2 nitrogen and oxygen atoms in total. The van der Waals surface area contributed by atoms with Crippen LogP contribution in [-0.2, 0) is 32.7 Å². The summed E-state index contributed by atoms with van der Waals surface area (Å²) in [6.07, 6.45) is 3.80. The summed E-state index contributed by atoms with van der Waals surface area (Å²) in [5, 5.41) is 0. The summed E-state index contributed by atoms with van der Waals surface area (Å²) in [5.74, 6) is -3.24. The molecule has 6 heteroatoms. The van der Waals surface area contributed by atoms with Crippen molar-refractivity contribution in [3.63, 3.8) is 0 Å². The molecule has 0 N–H and O–H groups in total. The van der Waals surface area contributed by atoms with Crippen LogP contribution < -0.4 is 4.74 Å². The Balaban J connectivity index is 0.00000243. The van der Waals surface area contributed by atoms with Crippen LogP contribution in [0.25, 0.3) is 0 Å². The van der Waals surface area contributed by atoms with Crippen molar-refractivity contribution in [1.82, 2.24) is 0 Å². The van der Waals surface area contributed by atoms with Crippen molar-refractivity contribution in [2.75, 3.05) is 0 Å². The first-order valence-electron chi connectivity index (χ1n) is 8.32. The number of hydrogen-bond donors (Lipinski definition) is 0. The zero-order chi connectivity index (χ0) is 18.0. The van der Waals surface area contributed by atoms with Crippen LogP contribution in [-0.4, -0.2) is 5.97 Å². The molecular formula is C20H18F3O2Y-. The molecule has 0 aromatic heterocycles. The Labute approximate surface area is 176 Å². The first-order valence-corrected chi connectivity index (χ1v) is 8.32. The average molecular weight is 436 g/mol. The molecule has 1 saturated carbocycles. The quantitative estimate of drug-likeness (QED) is 0.365. The summed E-state index contributed by atoms with van der Waals surface area (Å²) >= 11 is 0. The molecule has 1 radical (unpaired) electrons. The molecule has 2 aromatic carbocycles. The van der Waals surface area contributed by atoms with Gasteiger partial charge in [-0.05, 0) is 42.4 Å². The van der Waals surface area contributed by atoms with Crippen LogP contribution >= 0.6 is 0 Å². The van der Waals surface area contributed by atoms with E-state index in [1.807, 2.05) is 0 Å². The largest absolute Gasteiger partial charge is 0.449 e. The second kappa shape index (κ2) is 9.14. The maximum atomic E-state index is 14.4. The fourth-order valence-corrected chi connectivity index (χ4v) is 3.26. The van der Waals surface area contributed by atoms with Crippen LogP contribution in [0.3, 0.4) is 0 Å². The van der Waals surface area contributed by atoms with E-state index in [1.165, 1.54) is 24.3 Å². The first-order chi connectivity index (χ1) is 11.9. The number of ether oxygens (including phenoxy) is 1. The Kier molecular flexibility index (Phi) is 7.42. The molecule has 0 bridgehead atoms. The van der Waals surface area contributed by atoms with Gasteiger partial charge in [0.05, 0.1) is 0 Å². The number of esters is 1. The Morgan fingerprint density at radius 3 is 2.27 bits per heavy atom. The molecule has 0 saturated heterocycles. The zero-order valence-electron chi connectivity index (χ0n) is 14.4. The van der Waals surface area contributed by atoms with Crippen LogP contribution in [0.1, 0.15) is 54.4 Å². The SMILES string of the molecule is CC1CCC(c2cc(F)c(C(=O)Oc3cc[c-]c(F)c3)c(F)c2)CC1.[Y]. The predicted octanol–water partition coefficient (Wildman–Crippen LogP) is 5.41. The fourth-order valence-electron chi connectivity index (χ4n) is 3.26. The second-order valence-corrected chi connectivity index (χ2v) is 6.58. The van der Waals surface area contributed by atoms with Gasteiger partial charge < -0.3 is 4.74 Å². The van der Waals surface area contributed by atoms with E-state index in [0.717, 1.165) is 31.7 Å². The van der Waals surface area contributed by atoms with Crippen LogP contribution in [0, 0.1) is 29.4 Å². The zero-order valence-corrected chi connectivity index (χ0v) is 17.2. The van der Waals surface area contributed by atoms with Crippen molar-refractivity contribution < 1.29 is 55.4 Å². The summed E-state index contributed by atoms with van der Waals surface area (Å²) in [7, 11) is 0. The normalized spacial score (nSPS) is 19.5. The average Bonchev–Trinajstić information content (AvgIpc) is 2.54. The van der Waals surface area contributed by atoms with E-state index in [-0.39, 0.29) is 44.4 Å². The minimum Gasteiger partial charge on any atom is -0.449 e. The van der Waals surface area contributed by atoms with Gasteiger partial charge in [-0.2, -0.15) is 6.07 Å². The molecule has 1 aliphatic carbocycles. The van der Waals surface area contributed by atoms with Crippen LogP contribution in [0.4, 0.5) is 13.2 Å². The summed E-state index contributed by atoms with van der Waals surface area (Å²) in [6, 6.07) is 8.09. The molecule has 0 unspecified atom stereocenters. The minimum atomic E-state index is -1.19. The van der Waals surface area contributed by atoms with Gasteiger partial charge >= 0.3 is 5.97 Å². The third-order valence-corrected chi connectivity index (χ3v) is 4.70. The Morgan fingerprint density at radius 2 is 1.69 bits per heavy atom. The summed E-state index contributed by atoms with van der Waals surface area (Å²) in [6.45, 7) is 2.17. The third-order valence-electron chi connectivity index (χ3n) is 4.70. The number of hydrogen-bond acceptors (Lipinski definition) is 2. The topological polar surface area (TPSA) is 26.3 Å². The van der Waals surface area contributed by atoms with Crippen LogP contribution in [0.15, 0.2) is 30.3 Å². The van der Waals surface area contributed by atoms with Crippen LogP contribution in [0.5, 0.6) is 5.75 Å². The molecule has 1 fully saturated rings. The molecule has 0 amide bonds. The van der Waals surface area contributed by atoms with Gasteiger partial charge in [-0.15, -0.1) is 12.1 Å². The Morgan fingerprint density at radius 1 is 1.08 bits per heavy atom. The van der Waals surface area contributed by atoms with Crippen molar-refractivity contribution in [3.05, 3.63) is 65.0 Å². The molecule has 1 aliphatic rings. The molecular weight excluding hydrogens is 418 g/mol. The molecule has 0 atom stereocenters. The van der Waals surface area contributed by atoms with Crippen molar-refractivity contribution in [2.45, 2.75) is 38.5 Å². The molecule has 0 heterocycles. The summed E-state index contributed by atoms with van der Waals surface area (Å²) < 4.78 is 46.6. The number of carbonyl (C=O) groups excluding carboxylic acids is 1. The maximum Gasteiger partial charge on any atom is 0.347 e. The number of benzene rings is 2. The van der Waals surface area contributed by atoms with Gasteiger partial charge in [0.2, 0.25) is 0 Å². The van der Waals surface area contributed by atoms with E-state index >= 15 is 0 Å². The fraction of sp³-hybridized carbons (Fsp3) is 0.350. The molecule has 2 aromatic rings. The van der Waals surface area contributed by atoms with E-state index in [0.29, 0.717) is 11.5 Å². The Hall–Kier alpha value is -1.20. The van der Waals surface area contributed by atoms with Gasteiger partial charge in [0.25, 0.3) is 0 Å². The maximum absolute atomic E-state index is 14.4. The number of carbonyl (C=O) groups is 1. The van der Waals surface area contributed by atoms with Crippen molar-refractivity contribution in [2.24, 2.45) is 5.92 Å². The monoisotopic (exact) mass is 436 g/mol. The van der Waals surface area contributed by atoms with Gasteiger partial charge in [0, 0.05) is 44.3 Å². The predicted molar refractivity (Wildman–Crippen MR) is 86.9 cm³/mol. The smallest absolute Gasteiger partial charge is 0.347 e. The molecule has 0 spiro atoms. The molecule has 26 heavy (non-hydrogen) atoms. The van der Waals surface area contributed by atoms with Gasteiger partial charge in [0.1, 0.15) is 17.2 Å². The number of halogens is 3. The second-order valence-electron chi connectivity index (χ2n) is 6.58. The molecule has 0 aliphatic heterocycles. The van der Waals surface area contributed by atoms with E-state index in [4.69, 9.17) is 4.74 Å². The van der Waals surface area contributed by atoms with Gasteiger partial charge in [-0.3, -0.25) is 0 Å². The summed E-state index contributed by atoms with van der Waals surface area (Å²) in [4.78, 5) is 12.1. The van der Waals surface area contributed by atoms with E-state index in [9.17, 15) is 18.0 Å². The van der Waals surface area contributed by atoms with Crippen LogP contribution in [0.2, 0.25) is 0 Å². The van der Waals surface area contributed by atoms with Gasteiger partial charge in [-0.1, -0.05) is 25.8 Å². The Bertz CT molecular complexity index is 763. The van der Waals surface area contributed by atoms with Gasteiger partial charge in [0.15, 0.2) is 0 Å². The van der Waals surface area contributed by atoms with E-state index in [2.05, 4.69) is 13.0 Å². The van der Waals surface area contributed by atoms with Crippen molar-refractivity contribution >= 4 is 5.97 Å². The van der Waals surface area contributed by atoms with Gasteiger partial charge in [-0.25, -0.2) is 18.0 Å². The number of rotatable bonds is 3. The van der Waals surface area contributed by atoms with E-state index in [1.54, 1.807) is 0 Å². The molecule has 3 rings (SSSR count).